The van der Waals surface area contributed by atoms with Crippen molar-refractivity contribution in [2.24, 2.45) is 0 Å². The molecule has 5 heteroatoms. The molecule has 0 aliphatic carbocycles. The van der Waals surface area contributed by atoms with Crippen LogP contribution in [0, 0.1) is 0 Å². The first kappa shape index (κ1) is 12.0. The van der Waals surface area contributed by atoms with E-state index in [9.17, 15) is 0 Å². The Kier molecular flexibility index (Phi) is 4.06. The van der Waals surface area contributed by atoms with Crippen LogP contribution in [0.25, 0.3) is 0 Å². The first-order valence-corrected chi connectivity index (χ1v) is 5.89. The molecule has 0 saturated carbocycles. The number of aromatic nitrogens is 2. The summed E-state index contributed by atoms with van der Waals surface area (Å²) in [5.74, 6) is 0.745. The van der Waals surface area contributed by atoms with Gasteiger partial charge in [0, 0.05) is 19.0 Å². The summed E-state index contributed by atoms with van der Waals surface area (Å²) in [6.07, 6.45) is 3.21. The molecule has 0 aliphatic rings. The summed E-state index contributed by atoms with van der Waals surface area (Å²) < 4.78 is 5.92. The van der Waals surface area contributed by atoms with Gasteiger partial charge in [-0.05, 0) is 33.6 Å². The Balaban J connectivity index is 2.18. The third-order valence-corrected chi connectivity index (χ3v) is 2.75. The van der Waals surface area contributed by atoms with Crippen molar-refractivity contribution >= 4 is 27.4 Å². The van der Waals surface area contributed by atoms with E-state index in [0.29, 0.717) is 6.61 Å². The summed E-state index contributed by atoms with van der Waals surface area (Å²) in [7, 11) is 1.68. The van der Waals surface area contributed by atoms with Gasteiger partial charge in [-0.3, -0.25) is 0 Å². The second-order valence-electron chi connectivity index (χ2n) is 3.48. The monoisotopic (exact) mass is 293 g/mol. The number of nitrogens with one attached hydrogen (secondary N) is 1. The average Bonchev–Trinajstić information content (AvgIpc) is 2.33. The van der Waals surface area contributed by atoms with Crippen molar-refractivity contribution in [3.05, 3.63) is 46.8 Å². The molecule has 0 unspecified atom stereocenters. The van der Waals surface area contributed by atoms with Crippen molar-refractivity contribution in [3.8, 4) is 0 Å². The van der Waals surface area contributed by atoms with Crippen LogP contribution in [0.1, 0.15) is 5.56 Å². The van der Waals surface area contributed by atoms with Gasteiger partial charge in [0.1, 0.15) is 12.1 Å². The summed E-state index contributed by atoms with van der Waals surface area (Å²) in [4.78, 5) is 8.06. The normalized spacial score (nSPS) is 10.2. The molecule has 0 spiro atoms. The summed E-state index contributed by atoms with van der Waals surface area (Å²) in [5.41, 5.74) is 2.08. The number of hydrogen-bond donors (Lipinski definition) is 1. The molecule has 0 fully saturated rings. The van der Waals surface area contributed by atoms with Crippen LogP contribution >= 0.6 is 15.9 Å². The molecule has 1 aromatic carbocycles. The second-order valence-corrected chi connectivity index (χ2v) is 4.33. The van der Waals surface area contributed by atoms with Gasteiger partial charge in [-0.2, -0.15) is 0 Å². The Morgan fingerprint density at radius 3 is 3.06 bits per heavy atom. The van der Waals surface area contributed by atoms with Crippen molar-refractivity contribution in [1.82, 2.24) is 9.97 Å². The van der Waals surface area contributed by atoms with Crippen LogP contribution < -0.4 is 5.32 Å². The van der Waals surface area contributed by atoms with Crippen molar-refractivity contribution < 1.29 is 4.74 Å². The molecule has 17 heavy (non-hydrogen) atoms. The van der Waals surface area contributed by atoms with Gasteiger partial charge in [0.25, 0.3) is 0 Å². The predicted octanol–water partition coefficient (Wildman–Crippen LogP) is 3.13. The number of hydrogen-bond acceptors (Lipinski definition) is 4. The minimum absolute atomic E-state index is 0.598. The number of halogens is 1. The smallest absolute Gasteiger partial charge is 0.148 e. The number of nitrogens with zero attached hydrogens (tertiary/aromatic N) is 2. The van der Waals surface area contributed by atoms with E-state index in [-0.39, 0.29) is 0 Å². The second kappa shape index (κ2) is 5.75. The SMILES string of the molecule is COCc1cccc(Nc2ncncc2Br)c1. The van der Waals surface area contributed by atoms with E-state index < -0.39 is 0 Å². The van der Waals surface area contributed by atoms with Gasteiger partial charge in [-0.1, -0.05) is 12.1 Å². The molecule has 0 amide bonds. The third kappa shape index (κ3) is 3.25. The van der Waals surface area contributed by atoms with Gasteiger partial charge in [-0.15, -0.1) is 0 Å². The highest BCUT2D eigenvalue weighted by Gasteiger charge is 2.01. The van der Waals surface area contributed by atoms with Gasteiger partial charge < -0.3 is 10.1 Å². The van der Waals surface area contributed by atoms with Crippen LogP contribution in [-0.2, 0) is 11.3 Å². The van der Waals surface area contributed by atoms with E-state index in [0.717, 1.165) is 21.5 Å². The Morgan fingerprint density at radius 2 is 2.29 bits per heavy atom. The first-order chi connectivity index (χ1) is 8.29. The zero-order valence-electron chi connectivity index (χ0n) is 9.35. The van der Waals surface area contributed by atoms with Crippen LogP contribution in [0.3, 0.4) is 0 Å². The third-order valence-electron chi connectivity index (χ3n) is 2.17. The number of ether oxygens (including phenoxy) is 1. The van der Waals surface area contributed by atoms with E-state index in [1.807, 2.05) is 24.3 Å². The molecule has 0 radical (unpaired) electrons. The molecule has 88 valence electrons. The highest BCUT2D eigenvalue weighted by Crippen LogP contribution is 2.22. The average molecular weight is 294 g/mol. The van der Waals surface area contributed by atoms with Crippen molar-refractivity contribution in [1.29, 1.82) is 0 Å². The summed E-state index contributed by atoms with van der Waals surface area (Å²) in [5, 5.41) is 3.22. The molecule has 0 atom stereocenters. The van der Waals surface area contributed by atoms with Crippen LogP contribution in [0.15, 0.2) is 41.3 Å². The largest absolute Gasteiger partial charge is 0.380 e. The molecule has 1 aromatic heterocycles. The summed E-state index contributed by atoms with van der Waals surface area (Å²) in [6.45, 7) is 0.598. The van der Waals surface area contributed by atoms with Crippen LogP contribution in [0.5, 0.6) is 0 Å². The predicted molar refractivity (Wildman–Crippen MR) is 70.2 cm³/mol. The minimum atomic E-state index is 0.598. The van der Waals surface area contributed by atoms with Crippen LogP contribution in [0.2, 0.25) is 0 Å². The lowest BCUT2D eigenvalue weighted by atomic mass is 10.2. The molecular weight excluding hydrogens is 282 g/mol. The lowest BCUT2D eigenvalue weighted by Crippen LogP contribution is -1.96. The summed E-state index contributed by atoms with van der Waals surface area (Å²) in [6, 6.07) is 8.00. The molecule has 2 rings (SSSR count). The number of rotatable bonds is 4. The van der Waals surface area contributed by atoms with Crippen molar-refractivity contribution in [2.75, 3.05) is 12.4 Å². The zero-order valence-corrected chi connectivity index (χ0v) is 10.9. The first-order valence-electron chi connectivity index (χ1n) is 5.10. The maximum Gasteiger partial charge on any atom is 0.148 e. The van der Waals surface area contributed by atoms with E-state index in [2.05, 4.69) is 31.2 Å². The maximum absolute atomic E-state index is 5.09. The highest BCUT2D eigenvalue weighted by molar-refractivity contribution is 9.10. The Bertz CT molecular complexity index is 505. The topological polar surface area (TPSA) is 47.0 Å². The molecular formula is C12H12BrN3O. The number of benzene rings is 1. The Morgan fingerprint density at radius 1 is 1.41 bits per heavy atom. The fourth-order valence-corrected chi connectivity index (χ4v) is 1.77. The van der Waals surface area contributed by atoms with E-state index in [4.69, 9.17) is 4.74 Å². The van der Waals surface area contributed by atoms with E-state index in [1.165, 1.54) is 6.33 Å². The van der Waals surface area contributed by atoms with E-state index >= 15 is 0 Å². The fraction of sp³-hybridized carbons (Fsp3) is 0.167. The van der Waals surface area contributed by atoms with Crippen LogP contribution in [-0.4, -0.2) is 17.1 Å². The molecule has 4 nitrogen and oxygen atoms in total. The van der Waals surface area contributed by atoms with Crippen LogP contribution in [0.4, 0.5) is 11.5 Å². The summed E-state index contributed by atoms with van der Waals surface area (Å²) >= 11 is 3.39. The zero-order chi connectivity index (χ0) is 12.1. The standard InChI is InChI=1S/C12H12BrN3O/c1-17-7-9-3-2-4-10(5-9)16-12-11(13)6-14-8-15-12/h2-6,8H,7H2,1H3,(H,14,15,16). The molecule has 0 aliphatic heterocycles. The van der Waals surface area contributed by atoms with Gasteiger partial charge in [0.15, 0.2) is 0 Å². The molecule has 1 N–H and O–H groups in total. The van der Waals surface area contributed by atoms with Gasteiger partial charge in [-0.25, -0.2) is 9.97 Å². The van der Waals surface area contributed by atoms with Gasteiger partial charge in [0.2, 0.25) is 0 Å². The fourth-order valence-electron chi connectivity index (χ4n) is 1.45. The van der Waals surface area contributed by atoms with Crippen molar-refractivity contribution in [3.63, 3.8) is 0 Å². The number of anilines is 2. The molecule has 0 saturated heterocycles. The minimum Gasteiger partial charge on any atom is -0.380 e. The lowest BCUT2D eigenvalue weighted by Gasteiger charge is -2.08. The Hall–Kier alpha value is -1.46. The molecule has 1 heterocycles. The highest BCUT2D eigenvalue weighted by atomic mass is 79.9. The van der Waals surface area contributed by atoms with E-state index in [1.54, 1.807) is 13.3 Å². The lowest BCUT2D eigenvalue weighted by molar-refractivity contribution is 0.185. The number of methoxy groups -OCH3 is 1. The van der Waals surface area contributed by atoms with Crippen molar-refractivity contribution in [2.45, 2.75) is 6.61 Å². The quantitative estimate of drug-likeness (QED) is 0.941. The molecule has 2 aromatic rings. The molecule has 0 bridgehead atoms. The van der Waals surface area contributed by atoms with Gasteiger partial charge in [0.05, 0.1) is 11.1 Å². The van der Waals surface area contributed by atoms with Gasteiger partial charge >= 0.3 is 0 Å². The maximum atomic E-state index is 5.09. The Labute approximate surface area is 108 Å².